The Morgan fingerprint density at radius 2 is 0.655 bits per heavy atom. The summed E-state index contributed by atoms with van der Waals surface area (Å²) >= 11 is 0. The van der Waals surface area contributed by atoms with E-state index >= 15 is 0 Å². The van der Waals surface area contributed by atoms with Gasteiger partial charge >= 0.3 is 0 Å². The van der Waals surface area contributed by atoms with Gasteiger partial charge in [0.1, 0.15) is 0 Å². The smallest absolute Gasteiger partial charge is 0.0978 e. The van der Waals surface area contributed by atoms with Crippen LogP contribution in [-0.4, -0.2) is 9.97 Å². The van der Waals surface area contributed by atoms with Gasteiger partial charge in [-0.25, -0.2) is 9.97 Å². The predicted molar refractivity (Wildman–Crippen MR) is 247 cm³/mol. The Labute approximate surface area is 342 Å². The van der Waals surface area contributed by atoms with Gasteiger partial charge in [-0.3, -0.25) is 0 Å². The molecule has 0 unspecified atom stereocenters. The normalized spacial score (nSPS) is 11.3. The molecule has 0 saturated carbocycles. The second kappa shape index (κ2) is 16.8. The lowest BCUT2D eigenvalue weighted by molar-refractivity contribution is 0.795. The minimum Gasteiger partial charge on any atom is -0.245 e. The van der Waals surface area contributed by atoms with E-state index in [9.17, 15) is 0 Å². The molecule has 0 aliphatic heterocycles. The summed E-state index contributed by atoms with van der Waals surface area (Å²) in [6.07, 6.45) is 6.93. The van der Waals surface area contributed by atoms with E-state index in [1.54, 1.807) is 0 Å². The number of rotatable bonds is 12. The maximum atomic E-state index is 5.53. The van der Waals surface area contributed by atoms with Crippen LogP contribution in [0.2, 0.25) is 0 Å². The standard InChI is InChI=1S/C56H48N2/c1-3-5-13-39-19-23-47(24-20-39)53-37-51(45-31-27-43(28-32-45)41-15-9-7-10-16-41)49-35-36-50-52(46-33-29-44(30-34-46)42-17-11-8-12-18-42)38-54(58-56(50)55(49)57-53)48-25-21-40(22-26-48)14-6-4-2/h7-12,15-38H,3-6,13-14H2,1-2H3. The molecule has 0 N–H and O–H groups in total. The number of aromatic nitrogens is 2. The van der Waals surface area contributed by atoms with Gasteiger partial charge in [0.05, 0.1) is 22.4 Å². The number of pyridine rings is 2. The second-order valence-electron chi connectivity index (χ2n) is 15.5. The molecule has 7 aromatic carbocycles. The van der Waals surface area contributed by atoms with E-state index in [4.69, 9.17) is 9.97 Å². The van der Waals surface area contributed by atoms with Crippen LogP contribution < -0.4 is 0 Å². The van der Waals surface area contributed by atoms with Crippen molar-refractivity contribution in [1.82, 2.24) is 9.97 Å². The third kappa shape index (κ3) is 7.71. The van der Waals surface area contributed by atoms with Gasteiger partial charge < -0.3 is 0 Å². The molecule has 9 rings (SSSR count). The molecule has 0 spiro atoms. The average molecular weight is 749 g/mol. The highest BCUT2D eigenvalue weighted by Gasteiger charge is 2.18. The number of benzene rings is 7. The van der Waals surface area contributed by atoms with Crippen molar-refractivity contribution in [2.45, 2.75) is 52.4 Å². The van der Waals surface area contributed by atoms with Gasteiger partial charge in [-0.05, 0) is 93.5 Å². The molecule has 0 fully saturated rings. The molecule has 9 aromatic rings. The van der Waals surface area contributed by atoms with Gasteiger partial charge in [0, 0.05) is 21.9 Å². The zero-order valence-corrected chi connectivity index (χ0v) is 33.5. The van der Waals surface area contributed by atoms with Crippen LogP contribution in [0.1, 0.15) is 50.7 Å². The van der Waals surface area contributed by atoms with Gasteiger partial charge in [-0.2, -0.15) is 0 Å². The summed E-state index contributed by atoms with van der Waals surface area (Å²) in [6, 6.07) is 66.2. The summed E-state index contributed by atoms with van der Waals surface area (Å²) in [5, 5.41) is 2.18. The van der Waals surface area contributed by atoms with Crippen LogP contribution in [0.25, 0.3) is 88.8 Å². The first kappa shape index (κ1) is 37.0. The number of aryl methyl sites for hydroxylation is 2. The highest BCUT2D eigenvalue weighted by molar-refractivity contribution is 6.13. The molecule has 0 aliphatic carbocycles. The Bertz CT molecular complexity index is 2590. The van der Waals surface area contributed by atoms with Gasteiger partial charge in [0.2, 0.25) is 0 Å². The van der Waals surface area contributed by atoms with Gasteiger partial charge in [-0.15, -0.1) is 0 Å². The number of hydrogen-bond donors (Lipinski definition) is 0. The molecule has 2 aromatic heterocycles. The van der Waals surface area contributed by atoms with Crippen molar-refractivity contribution in [2.24, 2.45) is 0 Å². The number of fused-ring (bicyclic) bond motifs is 3. The highest BCUT2D eigenvalue weighted by atomic mass is 14.8. The van der Waals surface area contributed by atoms with Gasteiger partial charge in [-0.1, -0.05) is 197 Å². The van der Waals surface area contributed by atoms with Crippen LogP contribution in [0, 0.1) is 0 Å². The van der Waals surface area contributed by atoms with E-state index in [-0.39, 0.29) is 0 Å². The first-order valence-electron chi connectivity index (χ1n) is 20.9. The minimum absolute atomic E-state index is 0.913. The van der Waals surface area contributed by atoms with Crippen LogP contribution >= 0.6 is 0 Å². The van der Waals surface area contributed by atoms with Crippen molar-refractivity contribution in [3.05, 3.63) is 193 Å². The Morgan fingerprint density at radius 3 is 1.02 bits per heavy atom. The molecule has 2 heteroatoms. The van der Waals surface area contributed by atoms with Crippen molar-refractivity contribution in [3.63, 3.8) is 0 Å². The molecule has 0 radical (unpaired) electrons. The van der Waals surface area contributed by atoms with Crippen molar-refractivity contribution in [1.29, 1.82) is 0 Å². The Morgan fingerprint density at radius 1 is 0.328 bits per heavy atom. The summed E-state index contributed by atoms with van der Waals surface area (Å²) < 4.78 is 0. The fourth-order valence-electron chi connectivity index (χ4n) is 8.14. The zero-order chi connectivity index (χ0) is 39.3. The average Bonchev–Trinajstić information content (AvgIpc) is 3.30. The molecular formula is C56H48N2. The lowest BCUT2D eigenvalue weighted by Crippen LogP contribution is -1.96. The molecule has 282 valence electrons. The van der Waals surface area contributed by atoms with E-state index in [2.05, 4.69) is 196 Å². The lowest BCUT2D eigenvalue weighted by atomic mass is 9.92. The number of nitrogens with zero attached hydrogens (tertiary/aromatic N) is 2. The third-order valence-electron chi connectivity index (χ3n) is 11.5. The monoisotopic (exact) mass is 748 g/mol. The zero-order valence-electron chi connectivity index (χ0n) is 33.5. The predicted octanol–water partition coefficient (Wildman–Crippen LogP) is 15.5. The fourth-order valence-corrected chi connectivity index (χ4v) is 8.14. The fraction of sp³-hybridized carbons (Fsp3) is 0.143. The van der Waals surface area contributed by atoms with E-state index in [1.165, 1.54) is 59.1 Å². The molecule has 58 heavy (non-hydrogen) atoms. The Balaban J connectivity index is 1.26. The van der Waals surface area contributed by atoms with Crippen LogP contribution in [0.3, 0.4) is 0 Å². The number of hydrogen-bond acceptors (Lipinski definition) is 2. The molecule has 0 bridgehead atoms. The van der Waals surface area contributed by atoms with Crippen LogP contribution in [0.4, 0.5) is 0 Å². The van der Waals surface area contributed by atoms with Crippen molar-refractivity contribution in [3.8, 4) is 67.0 Å². The quantitative estimate of drug-likeness (QED) is 0.116. The summed E-state index contributed by atoms with van der Waals surface area (Å²) in [6.45, 7) is 4.50. The van der Waals surface area contributed by atoms with Crippen molar-refractivity contribution >= 4 is 21.8 Å². The molecule has 2 heterocycles. The lowest BCUT2D eigenvalue weighted by Gasteiger charge is -2.16. The molecule has 0 atom stereocenters. The maximum absolute atomic E-state index is 5.53. The van der Waals surface area contributed by atoms with Crippen molar-refractivity contribution < 1.29 is 0 Å². The summed E-state index contributed by atoms with van der Waals surface area (Å²) in [7, 11) is 0. The van der Waals surface area contributed by atoms with Crippen molar-refractivity contribution in [2.75, 3.05) is 0 Å². The topological polar surface area (TPSA) is 25.8 Å². The summed E-state index contributed by atoms with van der Waals surface area (Å²) in [5.41, 5.74) is 18.1. The number of unbranched alkanes of at least 4 members (excludes halogenated alkanes) is 2. The van der Waals surface area contributed by atoms with E-state index in [0.29, 0.717) is 0 Å². The second-order valence-corrected chi connectivity index (χ2v) is 15.5. The highest BCUT2D eigenvalue weighted by Crippen LogP contribution is 2.40. The van der Waals surface area contributed by atoms with E-state index < -0.39 is 0 Å². The molecule has 0 saturated heterocycles. The van der Waals surface area contributed by atoms with Crippen LogP contribution in [0.15, 0.2) is 182 Å². The van der Waals surface area contributed by atoms with Gasteiger partial charge in [0.25, 0.3) is 0 Å². The third-order valence-corrected chi connectivity index (χ3v) is 11.5. The molecule has 0 aliphatic rings. The Kier molecular flexibility index (Phi) is 10.7. The minimum atomic E-state index is 0.913. The van der Waals surface area contributed by atoms with E-state index in [1.807, 2.05) is 0 Å². The summed E-state index contributed by atoms with van der Waals surface area (Å²) in [5.74, 6) is 0. The first-order chi connectivity index (χ1) is 28.6. The SMILES string of the molecule is CCCCc1ccc(-c2cc(-c3ccc(-c4ccccc4)cc3)c3ccc4c(-c5ccc(-c6ccccc6)cc5)cc(-c5ccc(CCCC)cc5)nc4c3n2)cc1. The molecular weight excluding hydrogens is 701 g/mol. The maximum Gasteiger partial charge on any atom is 0.0978 e. The van der Waals surface area contributed by atoms with Crippen LogP contribution in [-0.2, 0) is 12.8 Å². The summed E-state index contributed by atoms with van der Waals surface area (Å²) in [4.78, 5) is 11.1. The van der Waals surface area contributed by atoms with E-state index in [0.717, 1.165) is 79.4 Å². The molecule has 0 amide bonds. The largest absolute Gasteiger partial charge is 0.245 e. The Hall–Kier alpha value is -6.64. The van der Waals surface area contributed by atoms with Crippen LogP contribution in [0.5, 0.6) is 0 Å². The molecule has 2 nitrogen and oxygen atoms in total. The van der Waals surface area contributed by atoms with Gasteiger partial charge in [0.15, 0.2) is 0 Å². The first-order valence-corrected chi connectivity index (χ1v) is 20.9.